The van der Waals surface area contributed by atoms with E-state index in [1.54, 1.807) is 35.6 Å². The Morgan fingerprint density at radius 1 is 1.24 bits per heavy atom. The van der Waals surface area contributed by atoms with Gasteiger partial charge in [0, 0.05) is 12.3 Å². The van der Waals surface area contributed by atoms with Gasteiger partial charge in [-0.05, 0) is 17.3 Å². The molecule has 0 unspecified atom stereocenters. The Bertz CT molecular complexity index is 482. The summed E-state index contributed by atoms with van der Waals surface area (Å²) < 4.78 is 36.3. The zero-order valence-corrected chi connectivity index (χ0v) is 11.5. The zero-order valence-electron chi connectivity index (χ0n) is 10.6. The highest BCUT2D eigenvalue weighted by molar-refractivity contribution is 8.00. The van der Waals surface area contributed by atoms with Gasteiger partial charge in [0.15, 0.2) is 0 Å². The lowest BCUT2D eigenvalue weighted by Crippen LogP contribution is -2.52. The molecule has 1 aromatic rings. The molecule has 0 radical (unpaired) electrons. The fourth-order valence-electron chi connectivity index (χ4n) is 1.41. The van der Waals surface area contributed by atoms with Crippen LogP contribution in [0.4, 0.5) is 18.0 Å². The molecule has 0 aliphatic heterocycles. The monoisotopic (exact) mass is 321 g/mol. The first-order valence-corrected chi connectivity index (χ1v) is 6.76. The largest absolute Gasteiger partial charge is 0.530 e. The third-order valence-corrected chi connectivity index (χ3v) is 3.16. The SMILES string of the molecule is O=C([O-])N[C@@H](CSC(F)(F)F)C(=O)NCc1ccccc1. The molecule has 0 aliphatic carbocycles. The average Bonchev–Trinajstić information content (AvgIpc) is 2.40. The van der Waals surface area contributed by atoms with Gasteiger partial charge >= 0.3 is 5.51 Å². The molecule has 0 spiro atoms. The van der Waals surface area contributed by atoms with Crippen molar-refractivity contribution >= 4 is 23.8 Å². The molecule has 0 aliphatic rings. The Morgan fingerprint density at radius 3 is 2.38 bits per heavy atom. The number of carbonyl (C=O) groups is 2. The molecule has 116 valence electrons. The Labute approximate surface area is 122 Å². The Morgan fingerprint density at radius 2 is 1.86 bits per heavy atom. The maximum absolute atomic E-state index is 12.1. The van der Waals surface area contributed by atoms with Crippen molar-refractivity contribution in [1.82, 2.24) is 10.6 Å². The van der Waals surface area contributed by atoms with Crippen molar-refractivity contribution in [3.8, 4) is 0 Å². The molecule has 0 saturated heterocycles. The maximum Gasteiger partial charge on any atom is 0.441 e. The van der Waals surface area contributed by atoms with Crippen LogP contribution in [-0.4, -0.2) is 29.3 Å². The van der Waals surface area contributed by atoms with Gasteiger partial charge in [-0.25, -0.2) is 0 Å². The van der Waals surface area contributed by atoms with Crippen molar-refractivity contribution in [3.05, 3.63) is 35.9 Å². The van der Waals surface area contributed by atoms with Crippen molar-refractivity contribution in [3.63, 3.8) is 0 Å². The van der Waals surface area contributed by atoms with E-state index in [9.17, 15) is 27.9 Å². The van der Waals surface area contributed by atoms with E-state index in [-0.39, 0.29) is 6.54 Å². The molecule has 5 nitrogen and oxygen atoms in total. The molecular weight excluding hydrogens is 309 g/mol. The van der Waals surface area contributed by atoms with Crippen LogP contribution >= 0.6 is 11.8 Å². The summed E-state index contributed by atoms with van der Waals surface area (Å²) >= 11 is -0.481. The highest BCUT2D eigenvalue weighted by atomic mass is 32.2. The van der Waals surface area contributed by atoms with Gasteiger partial charge in [-0.3, -0.25) is 4.79 Å². The first-order valence-electron chi connectivity index (χ1n) is 5.78. The van der Waals surface area contributed by atoms with Crippen molar-refractivity contribution in [1.29, 1.82) is 0 Å². The van der Waals surface area contributed by atoms with Gasteiger partial charge in [-0.1, -0.05) is 30.3 Å². The van der Waals surface area contributed by atoms with Gasteiger partial charge in [-0.15, -0.1) is 0 Å². The van der Waals surface area contributed by atoms with Crippen molar-refractivity contribution in [2.24, 2.45) is 0 Å². The molecule has 0 heterocycles. The van der Waals surface area contributed by atoms with Gasteiger partial charge < -0.3 is 20.5 Å². The van der Waals surface area contributed by atoms with E-state index in [4.69, 9.17) is 0 Å². The smallest absolute Gasteiger partial charge is 0.441 e. The van der Waals surface area contributed by atoms with Crippen LogP contribution in [0.1, 0.15) is 5.56 Å². The van der Waals surface area contributed by atoms with Gasteiger partial charge in [-0.2, -0.15) is 13.2 Å². The van der Waals surface area contributed by atoms with E-state index < -0.39 is 41.1 Å². The minimum atomic E-state index is -4.55. The molecule has 0 bridgehead atoms. The molecule has 0 fully saturated rings. The normalized spacial score (nSPS) is 12.5. The van der Waals surface area contributed by atoms with Crippen LogP contribution in [0.2, 0.25) is 0 Å². The van der Waals surface area contributed by atoms with Crippen LogP contribution < -0.4 is 15.7 Å². The summed E-state index contributed by atoms with van der Waals surface area (Å²) in [5.74, 6) is -1.61. The molecule has 21 heavy (non-hydrogen) atoms. The first-order chi connectivity index (χ1) is 9.78. The summed E-state index contributed by atoms with van der Waals surface area (Å²) in [5.41, 5.74) is -3.81. The number of halogens is 3. The fourth-order valence-corrected chi connectivity index (χ4v) is 2.00. The second kappa shape index (κ2) is 7.77. The summed E-state index contributed by atoms with van der Waals surface area (Å²) in [6, 6.07) is 7.13. The van der Waals surface area contributed by atoms with Gasteiger partial charge in [0.25, 0.3) is 0 Å². The number of rotatable bonds is 6. The number of carbonyl (C=O) groups excluding carboxylic acids is 2. The summed E-state index contributed by atoms with van der Waals surface area (Å²) in [4.78, 5) is 22.1. The van der Waals surface area contributed by atoms with Crippen molar-refractivity contribution in [2.45, 2.75) is 18.1 Å². The van der Waals surface area contributed by atoms with Gasteiger partial charge in [0.1, 0.15) is 12.1 Å². The number of benzene rings is 1. The van der Waals surface area contributed by atoms with Gasteiger partial charge in [0.2, 0.25) is 5.91 Å². The highest BCUT2D eigenvalue weighted by Crippen LogP contribution is 2.30. The van der Waals surface area contributed by atoms with Crippen LogP contribution in [0.5, 0.6) is 0 Å². The number of thioether (sulfide) groups is 1. The average molecular weight is 321 g/mol. The van der Waals surface area contributed by atoms with E-state index in [0.29, 0.717) is 0 Å². The predicted octanol–water partition coefficient (Wildman–Crippen LogP) is 0.857. The fraction of sp³-hybridized carbons (Fsp3) is 0.333. The summed E-state index contributed by atoms with van der Waals surface area (Å²) in [6.45, 7) is 0.0849. The summed E-state index contributed by atoms with van der Waals surface area (Å²) in [7, 11) is 0. The number of alkyl halides is 3. The third-order valence-electron chi connectivity index (χ3n) is 2.33. The second-order valence-corrected chi connectivity index (χ2v) is 5.03. The molecule has 1 aromatic carbocycles. The number of hydrogen-bond acceptors (Lipinski definition) is 4. The topological polar surface area (TPSA) is 81.3 Å². The lowest BCUT2D eigenvalue weighted by molar-refractivity contribution is -0.251. The van der Waals surface area contributed by atoms with Crippen LogP contribution in [0.3, 0.4) is 0 Å². The minimum Gasteiger partial charge on any atom is -0.530 e. The van der Waals surface area contributed by atoms with E-state index in [0.717, 1.165) is 5.56 Å². The number of hydrogen-bond donors (Lipinski definition) is 2. The van der Waals surface area contributed by atoms with Crippen LogP contribution in [0.25, 0.3) is 0 Å². The lowest BCUT2D eigenvalue weighted by atomic mass is 10.2. The van der Waals surface area contributed by atoms with Crippen LogP contribution in [0.15, 0.2) is 30.3 Å². The quantitative estimate of drug-likeness (QED) is 0.814. The minimum absolute atomic E-state index is 0.0849. The molecule has 9 heteroatoms. The Kier molecular flexibility index (Phi) is 6.35. The number of nitrogens with one attached hydrogen (secondary N) is 2. The molecule has 0 saturated carbocycles. The molecule has 1 rings (SSSR count). The Balaban J connectivity index is 2.56. The highest BCUT2D eigenvalue weighted by Gasteiger charge is 2.31. The van der Waals surface area contributed by atoms with Crippen molar-refractivity contribution in [2.75, 3.05) is 5.75 Å². The van der Waals surface area contributed by atoms with E-state index >= 15 is 0 Å². The number of carboxylic acid groups (broad SMARTS) is 1. The van der Waals surface area contributed by atoms with E-state index in [1.165, 1.54) is 0 Å². The molecule has 2 N–H and O–H groups in total. The summed E-state index contributed by atoms with van der Waals surface area (Å²) in [6.07, 6.45) is -1.81. The number of amides is 2. The predicted molar refractivity (Wildman–Crippen MR) is 69.1 cm³/mol. The maximum atomic E-state index is 12.1. The van der Waals surface area contributed by atoms with E-state index in [2.05, 4.69) is 5.32 Å². The summed E-state index contributed by atoms with van der Waals surface area (Å²) in [5, 5.41) is 14.4. The molecular formula is C12H12F3N2O3S-. The third kappa shape index (κ3) is 7.45. The standard InChI is InChI=1S/C12H13F3N2O3S/c13-12(14,15)21-7-9(17-11(19)20)10(18)16-6-8-4-2-1-3-5-8/h1-5,9,17H,6-7H2,(H,16,18)(H,19,20)/p-1/t9-/m0/s1. The van der Waals surface area contributed by atoms with Crippen molar-refractivity contribution < 1.29 is 27.9 Å². The lowest BCUT2D eigenvalue weighted by Gasteiger charge is -2.20. The molecule has 2 amide bonds. The van der Waals surface area contributed by atoms with E-state index in [1.807, 2.05) is 0 Å². The van der Waals surface area contributed by atoms with Crippen LogP contribution in [0, 0.1) is 0 Å². The molecule has 0 aromatic heterocycles. The first kappa shape index (κ1) is 17.2. The zero-order chi connectivity index (χ0) is 15.9. The Hall–Kier alpha value is -1.90. The van der Waals surface area contributed by atoms with Crippen LogP contribution in [-0.2, 0) is 11.3 Å². The molecule has 1 atom stereocenters. The van der Waals surface area contributed by atoms with Gasteiger partial charge in [0.05, 0.1) is 0 Å². The second-order valence-electron chi connectivity index (χ2n) is 3.94.